The van der Waals surface area contributed by atoms with Gasteiger partial charge in [-0.3, -0.25) is 4.79 Å². The largest absolute Gasteiger partial charge is 0.481 e. The minimum Gasteiger partial charge on any atom is -0.481 e. The molecule has 1 heterocycles. The predicted octanol–water partition coefficient (Wildman–Crippen LogP) is 3.78. The van der Waals surface area contributed by atoms with Gasteiger partial charge in [0.05, 0.1) is 17.1 Å². The molecule has 2 atom stereocenters. The fraction of sp³-hybridized carbons (Fsp3) is 0.579. The minimum absolute atomic E-state index is 0.270. The van der Waals surface area contributed by atoms with Crippen molar-refractivity contribution in [2.24, 2.45) is 0 Å². The SMILES string of the molecule is O=C(O)CCCCCCN1C(=S)C[C@@H]1c1ccc2c(c1)CCC2O. The molecule has 130 valence electrons. The van der Waals surface area contributed by atoms with E-state index in [4.69, 9.17) is 17.3 Å². The second-order valence-corrected chi connectivity index (χ2v) is 7.35. The van der Waals surface area contributed by atoms with Crippen LogP contribution in [0.2, 0.25) is 0 Å². The number of nitrogens with zero attached hydrogens (tertiary/aromatic N) is 1. The Morgan fingerprint density at radius 1 is 1.25 bits per heavy atom. The van der Waals surface area contributed by atoms with Gasteiger partial charge >= 0.3 is 5.97 Å². The Hall–Kier alpha value is -1.46. The third-order valence-corrected chi connectivity index (χ3v) is 5.60. The summed E-state index contributed by atoms with van der Waals surface area (Å²) in [4.78, 5) is 13.8. The van der Waals surface area contributed by atoms with Crippen LogP contribution in [0.3, 0.4) is 0 Å². The van der Waals surface area contributed by atoms with Gasteiger partial charge in [-0.15, -0.1) is 0 Å². The van der Waals surface area contributed by atoms with E-state index in [-0.39, 0.29) is 12.5 Å². The van der Waals surface area contributed by atoms with Crippen LogP contribution in [0.25, 0.3) is 0 Å². The Balaban J connectivity index is 1.50. The van der Waals surface area contributed by atoms with Gasteiger partial charge in [-0.1, -0.05) is 43.3 Å². The summed E-state index contributed by atoms with van der Waals surface area (Å²) in [5.74, 6) is -0.708. The van der Waals surface area contributed by atoms with E-state index in [9.17, 15) is 9.90 Å². The maximum Gasteiger partial charge on any atom is 0.303 e. The molecule has 2 aliphatic rings. The number of aryl methyl sites for hydroxylation is 1. The second-order valence-electron chi connectivity index (χ2n) is 6.88. The van der Waals surface area contributed by atoms with Gasteiger partial charge in [-0.25, -0.2) is 0 Å². The summed E-state index contributed by atoms with van der Waals surface area (Å²) in [6.07, 6.45) is 6.55. The Morgan fingerprint density at radius 3 is 2.79 bits per heavy atom. The lowest BCUT2D eigenvalue weighted by atomic mass is 9.91. The van der Waals surface area contributed by atoms with Crippen LogP contribution >= 0.6 is 12.2 Å². The van der Waals surface area contributed by atoms with Crippen LogP contribution in [0.15, 0.2) is 18.2 Å². The first kappa shape index (κ1) is 17.4. The standard InChI is InChI=1S/C19H25NO3S/c21-17-9-7-13-11-14(6-8-15(13)17)16-12-18(24)20(16)10-4-2-1-3-5-19(22)23/h6,8,11,16-17,21H,1-5,7,9-10,12H2,(H,22,23)/t16-,17?/m1/s1. The van der Waals surface area contributed by atoms with Crippen molar-refractivity contribution in [2.45, 2.75) is 63.5 Å². The number of carboxylic acid groups (broad SMARTS) is 1. The maximum absolute atomic E-state index is 10.5. The molecule has 1 fully saturated rings. The molecule has 3 rings (SSSR count). The molecule has 1 saturated heterocycles. The molecular weight excluding hydrogens is 322 g/mol. The zero-order chi connectivity index (χ0) is 17.1. The Kier molecular flexibility index (Phi) is 5.51. The van der Waals surface area contributed by atoms with Crippen molar-refractivity contribution in [3.63, 3.8) is 0 Å². The topological polar surface area (TPSA) is 60.8 Å². The first-order valence-electron chi connectivity index (χ1n) is 8.88. The van der Waals surface area contributed by atoms with Crippen LogP contribution in [0.4, 0.5) is 0 Å². The van der Waals surface area contributed by atoms with Gasteiger partial charge in [-0.2, -0.15) is 0 Å². The highest BCUT2D eigenvalue weighted by atomic mass is 32.1. The minimum atomic E-state index is -0.708. The number of aliphatic carboxylic acids is 1. The van der Waals surface area contributed by atoms with Crippen molar-refractivity contribution in [1.29, 1.82) is 0 Å². The van der Waals surface area contributed by atoms with E-state index < -0.39 is 5.97 Å². The molecule has 24 heavy (non-hydrogen) atoms. The summed E-state index contributed by atoms with van der Waals surface area (Å²) in [5, 5.41) is 18.6. The van der Waals surface area contributed by atoms with E-state index in [2.05, 4.69) is 23.1 Å². The molecule has 0 saturated carbocycles. The summed E-state index contributed by atoms with van der Waals surface area (Å²) >= 11 is 5.44. The number of fused-ring (bicyclic) bond motifs is 1. The number of thiocarbonyl (C=S) groups is 1. The lowest BCUT2D eigenvalue weighted by Gasteiger charge is -2.44. The normalized spacial score (nSPS) is 22.4. The molecular formula is C19H25NO3S. The van der Waals surface area contributed by atoms with E-state index in [1.54, 1.807) is 0 Å². The second kappa shape index (κ2) is 7.62. The first-order valence-corrected chi connectivity index (χ1v) is 9.29. The Morgan fingerprint density at radius 2 is 2.04 bits per heavy atom. The van der Waals surface area contributed by atoms with Crippen LogP contribution in [-0.4, -0.2) is 32.6 Å². The van der Waals surface area contributed by atoms with Gasteiger partial charge in [0, 0.05) is 19.4 Å². The Labute approximate surface area is 148 Å². The zero-order valence-corrected chi connectivity index (χ0v) is 14.7. The third kappa shape index (κ3) is 3.78. The molecule has 0 amide bonds. The van der Waals surface area contributed by atoms with Gasteiger partial charge in [-0.05, 0) is 42.4 Å². The van der Waals surface area contributed by atoms with Crippen LogP contribution in [0.1, 0.15) is 73.8 Å². The lowest BCUT2D eigenvalue weighted by molar-refractivity contribution is -0.137. The van der Waals surface area contributed by atoms with Crippen molar-refractivity contribution in [2.75, 3.05) is 6.54 Å². The molecule has 0 spiro atoms. The van der Waals surface area contributed by atoms with E-state index in [0.717, 1.165) is 62.0 Å². The highest BCUT2D eigenvalue weighted by molar-refractivity contribution is 7.80. The van der Waals surface area contributed by atoms with Crippen LogP contribution < -0.4 is 0 Å². The van der Waals surface area contributed by atoms with Crippen LogP contribution in [0, 0.1) is 0 Å². The van der Waals surface area contributed by atoms with Crippen LogP contribution in [0.5, 0.6) is 0 Å². The van der Waals surface area contributed by atoms with Gasteiger partial charge < -0.3 is 15.1 Å². The molecule has 5 heteroatoms. The smallest absolute Gasteiger partial charge is 0.303 e. The number of carboxylic acids is 1. The number of unbranched alkanes of at least 4 members (excludes halogenated alkanes) is 3. The maximum atomic E-state index is 10.5. The number of aliphatic hydroxyl groups is 1. The van der Waals surface area contributed by atoms with E-state index >= 15 is 0 Å². The average Bonchev–Trinajstić information content (AvgIpc) is 2.92. The van der Waals surface area contributed by atoms with E-state index in [0.29, 0.717) is 6.04 Å². The van der Waals surface area contributed by atoms with Gasteiger partial charge in [0.15, 0.2) is 0 Å². The first-order chi connectivity index (χ1) is 11.6. The van der Waals surface area contributed by atoms with Crippen molar-refractivity contribution < 1.29 is 15.0 Å². The molecule has 0 aromatic heterocycles. The van der Waals surface area contributed by atoms with Crippen LogP contribution in [-0.2, 0) is 11.2 Å². The molecule has 1 aromatic carbocycles. The molecule has 1 aromatic rings. The monoisotopic (exact) mass is 347 g/mol. The summed E-state index contributed by atoms with van der Waals surface area (Å²) in [6, 6.07) is 6.84. The number of likely N-dealkylation sites (tertiary alicyclic amines) is 1. The summed E-state index contributed by atoms with van der Waals surface area (Å²) < 4.78 is 0. The number of hydrogen-bond acceptors (Lipinski definition) is 3. The quantitative estimate of drug-likeness (QED) is 0.554. The number of aliphatic hydroxyl groups excluding tert-OH is 1. The number of rotatable bonds is 8. The van der Waals surface area contributed by atoms with Gasteiger partial charge in [0.25, 0.3) is 0 Å². The number of hydrogen-bond donors (Lipinski definition) is 2. The molecule has 0 radical (unpaired) electrons. The molecule has 1 aliphatic heterocycles. The summed E-state index contributed by atoms with van der Waals surface area (Å²) in [6.45, 7) is 0.955. The number of carbonyl (C=O) groups is 1. The highest BCUT2D eigenvalue weighted by Crippen LogP contribution is 2.39. The third-order valence-electron chi connectivity index (χ3n) is 5.20. The fourth-order valence-electron chi connectivity index (χ4n) is 3.77. The van der Waals surface area contributed by atoms with Crippen molar-refractivity contribution >= 4 is 23.2 Å². The molecule has 1 unspecified atom stereocenters. The lowest BCUT2D eigenvalue weighted by Crippen LogP contribution is -2.45. The summed E-state index contributed by atoms with van der Waals surface area (Å²) in [5.41, 5.74) is 3.68. The molecule has 0 bridgehead atoms. The van der Waals surface area contributed by atoms with E-state index in [1.807, 2.05) is 0 Å². The molecule has 4 nitrogen and oxygen atoms in total. The number of benzene rings is 1. The van der Waals surface area contributed by atoms with Crippen molar-refractivity contribution in [3.8, 4) is 0 Å². The zero-order valence-electron chi connectivity index (χ0n) is 13.9. The molecule has 2 N–H and O–H groups in total. The highest BCUT2D eigenvalue weighted by Gasteiger charge is 2.34. The fourth-order valence-corrected chi connectivity index (χ4v) is 4.14. The summed E-state index contributed by atoms with van der Waals surface area (Å²) in [7, 11) is 0. The van der Waals surface area contributed by atoms with Crippen molar-refractivity contribution in [1.82, 2.24) is 4.90 Å². The van der Waals surface area contributed by atoms with Crippen molar-refractivity contribution in [3.05, 3.63) is 34.9 Å². The average molecular weight is 347 g/mol. The predicted molar refractivity (Wildman–Crippen MR) is 97.1 cm³/mol. The van der Waals surface area contributed by atoms with Gasteiger partial charge in [0.1, 0.15) is 0 Å². The van der Waals surface area contributed by atoms with Gasteiger partial charge in [0.2, 0.25) is 0 Å². The molecule has 1 aliphatic carbocycles. The Bertz CT molecular complexity index is 631. The van der Waals surface area contributed by atoms with E-state index in [1.165, 1.54) is 11.1 Å².